The van der Waals surface area contributed by atoms with E-state index in [4.69, 9.17) is 0 Å². The average molecular weight is 443 g/mol. The number of benzene rings is 2. The number of hydrogen-bond acceptors (Lipinski definition) is 4. The molecule has 0 saturated carbocycles. The summed E-state index contributed by atoms with van der Waals surface area (Å²) in [5, 5.41) is 2.64. The number of aromatic nitrogens is 2. The summed E-state index contributed by atoms with van der Waals surface area (Å²) in [5.41, 5.74) is 2.27. The number of sulfonamides is 1. The molecule has 1 atom stereocenters. The first kappa shape index (κ1) is 22.4. The van der Waals surface area contributed by atoms with Gasteiger partial charge in [0, 0.05) is 7.05 Å². The van der Waals surface area contributed by atoms with E-state index in [1.165, 1.54) is 11.6 Å². The summed E-state index contributed by atoms with van der Waals surface area (Å²) < 4.78 is 29.1. The van der Waals surface area contributed by atoms with Crippen molar-refractivity contribution in [3.05, 3.63) is 76.2 Å². The molecule has 0 unspecified atom stereocenters. The van der Waals surface area contributed by atoms with Crippen molar-refractivity contribution in [3.8, 4) is 5.69 Å². The van der Waals surface area contributed by atoms with E-state index in [0.717, 1.165) is 16.1 Å². The van der Waals surface area contributed by atoms with Crippen LogP contribution >= 0.6 is 0 Å². The molecule has 1 amide bonds. The van der Waals surface area contributed by atoms with Crippen LogP contribution in [0.1, 0.15) is 18.2 Å². The molecule has 0 radical (unpaired) electrons. The molecule has 0 spiro atoms. The molecule has 0 aliphatic rings. The monoisotopic (exact) mass is 442 g/mol. The highest BCUT2D eigenvalue weighted by Gasteiger charge is 2.30. The van der Waals surface area contributed by atoms with Gasteiger partial charge in [-0.2, -0.15) is 0 Å². The van der Waals surface area contributed by atoms with Gasteiger partial charge in [0.15, 0.2) is 0 Å². The normalized spacial score (nSPS) is 12.4. The standard InChI is InChI=1S/C22H26N4O4S/c1-15-11-13-19(14-12-15)26(31(5,29)30)17(3)21(27)23-20-16(2)24(4)25(22(20)28)18-9-7-6-8-10-18/h6-14,17H,1-5H3,(H,23,27)/t17-/m1/s1. The molecule has 1 aromatic heterocycles. The van der Waals surface area contributed by atoms with E-state index in [1.807, 2.05) is 25.1 Å². The highest BCUT2D eigenvalue weighted by molar-refractivity contribution is 7.92. The van der Waals surface area contributed by atoms with Gasteiger partial charge < -0.3 is 5.32 Å². The summed E-state index contributed by atoms with van der Waals surface area (Å²) in [6.45, 7) is 5.10. The van der Waals surface area contributed by atoms with Gasteiger partial charge in [0.1, 0.15) is 11.7 Å². The maximum Gasteiger partial charge on any atom is 0.295 e. The van der Waals surface area contributed by atoms with Gasteiger partial charge in [-0.15, -0.1) is 0 Å². The first-order valence-corrected chi connectivity index (χ1v) is 11.6. The third-order valence-electron chi connectivity index (χ3n) is 5.18. The van der Waals surface area contributed by atoms with Crippen LogP contribution in [0.15, 0.2) is 59.4 Å². The molecule has 1 heterocycles. The summed E-state index contributed by atoms with van der Waals surface area (Å²) in [5.74, 6) is -0.600. The minimum atomic E-state index is -3.75. The third-order valence-corrected chi connectivity index (χ3v) is 6.42. The molecular formula is C22H26N4O4S. The summed E-state index contributed by atoms with van der Waals surface area (Å²) >= 11 is 0. The van der Waals surface area contributed by atoms with Crippen LogP contribution in [0.2, 0.25) is 0 Å². The zero-order valence-corrected chi connectivity index (χ0v) is 19.0. The Balaban J connectivity index is 1.97. The van der Waals surface area contributed by atoms with Crippen molar-refractivity contribution in [2.24, 2.45) is 7.05 Å². The zero-order chi connectivity index (χ0) is 22.9. The molecule has 2 aromatic carbocycles. The maximum absolute atomic E-state index is 13.0. The Bertz CT molecular complexity index is 1260. The van der Waals surface area contributed by atoms with Gasteiger partial charge in [-0.3, -0.25) is 18.6 Å². The van der Waals surface area contributed by atoms with E-state index < -0.39 is 27.5 Å². The van der Waals surface area contributed by atoms with E-state index in [9.17, 15) is 18.0 Å². The summed E-state index contributed by atoms with van der Waals surface area (Å²) in [4.78, 5) is 26.1. The molecule has 0 fully saturated rings. The Morgan fingerprint density at radius 3 is 2.16 bits per heavy atom. The predicted molar refractivity (Wildman–Crippen MR) is 122 cm³/mol. The van der Waals surface area contributed by atoms with Crippen LogP contribution in [0.3, 0.4) is 0 Å². The van der Waals surface area contributed by atoms with Crippen LogP contribution in [-0.2, 0) is 21.9 Å². The molecule has 164 valence electrons. The Kier molecular flexibility index (Phi) is 6.08. The summed E-state index contributed by atoms with van der Waals surface area (Å²) in [6, 6.07) is 14.8. The van der Waals surface area contributed by atoms with Gasteiger partial charge >= 0.3 is 0 Å². The fourth-order valence-corrected chi connectivity index (χ4v) is 4.62. The minimum Gasteiger partial charge on any atom is -0.318 e. The van der Waals surface area contributed by atoms with E-state index in [2.05, 4.69) is 5.32 Å². The number of carbonyl (C=O) groups is 1. The molecule has 31 heavy (non-hydrogen) atoms. The minimum absolute atomic E-state index is 0.112. The van der Waals surface area contributed by atoms with Crippen LogP contribution < -0.4 is 15.2 Å². The van der Waals surface area contributed by atoms with Crippen molar-refractivity contribution in [1.29, 1.82) is 0 Å². The summed E-state index contributed by atoms with van der Waals surface area (Å²) in [6.07, 6.45) is 1.05. The van der Waals surface area contributed by atoms with E-state index in [1.54, 1.807) is 55.1 Å². The number of nitrogens with zero attached hydrogens (tertiary/aromatic N) is 3. The lowest BCUT2D eigenvalue weighted by molar-refractivity contribution is -0.116. The number of para-hydroxylation sites is 1. The second-order valence-electron chi connectivity index (χ2n) is 7.50. The molecule has 0 aliphatic carbocycles. The van der Waals surface area contributed by atoms with Crippen LogP contribution in [0.5, 0.6) is 0 Å². The molecule has 9 heteroatoms. The van der Waals surface area contributed by atoms with Crippen molar-refractivity contribution in [3.63, 3.8) is 0 Å². The van der Waals surface area contributed by atoms with Crippen molar-refractivity contribution >= 4 is 27.3 Å². The van der Waals surface area contributed by atoms with Crippen LogP contribution in [0, 0.1) is 13.8 Å². The van der Waals surface area contributed by atoms with E-state index in [-0.39, 0.29) is 5.69 Å². The highest BCUT2D eigenvalue weighted by atomic mass is 32.2. The van der Waals surface area contributed by atoms with Gasteiger partial charge in [0.05, 0.1) is 23.3 Å². The van der Waals surface area contributed by atoms with Crippen LogP contribution in [0.25, 0.3) is 5.69 Å². The van der Waals surface area contributed by atoms with Crippen molar-refractivity contribution in [2.45, 2.75) is 26.8 Å². The first-order valence-electron chi connectivity index (χ1n) is 9.73. The molecule has 3 aromatic rings. The lowest BCUT2D eigenvalue weighted by atomic mass is 10.2. The summed E-state index contributed by atoms with van der Waals surface area (Å²) in [7, 11) is -2.03. The Morgan fingerprint density at radius 2 is 1.61 bits per heavy atom. The van der Waals surface area contributed by atoms with Gasteiger partial charge in [-0.05, 0) is 45.0 Å². The van der Waals surface area contributed by atoms with Crippen molar-refractivity contribution in [1.82, 2.24) is 9.36 Å². The molecule has 3 rings (SSSR count). The number of rotatable bonds is 6. The average Bonchev–Trinajstić information content (AvgIpc) is 2.92. The number of carbonyl (C=O) groups excluding carboxylic acids is 1. The Morgan fingerprint density at radius 1 is 1.03 bits per heavy atom. The van der Waals surface area contributed by atoms with Gasteiger partial charge in [0.2, 0.25) is 15.9 Å². The molecular weight excluding hydrogens is 416 g/mol. The molecule has 0 saturated heterocycles. The zero-order valence-electron chi connectivity index (χ0n) is 18.2. The quantitative estimate of drug-likeness (QED) is 0.635. The van der Waals surface area contributed by atoms with E-state index in [0.29, 0.717) is 17.1 Å². The largest absolute Gasteiger partial charge is 0.318 e. The molecule has 0 bridgehead atoms. The second-order valence-corrected chi connectivity index (χ2v) is 9.36. The number of anilines is 2. The fraction of sp³-hybridized carbons (Fsp3) is 0.273. The third kappa shape index (κ3) is 4.41. The number of aryl methyl sites for hydroxylation is 1. The fourth-order valence-electron chi connectivity index (χ4n) is 3.44. The van der Waals surface area contributed by atoms with E-state index >= 15 is 0 Å². The number of nitrogens with one attached hydrogen (secondary N) is 1. The number of hydrogen-bond donors (Lipinski definition) is 1. The van der Waals surface area contributed by atoms with Gasteiger partial charge in [0.25, 0.3) is 5.56 Å². The predicted octanol–water partition coefficient (Wildman–Crippen LogP) is 2.59. The number of amides is 1. The Labute approximate surface area is 181 Å². The van der Waals surface area contributed by atoms with Gasteiger partial charge in [-0.1, -0.05) is 35.9 Å². The van der Waals surface area contributed by atoms with Crippen LogP contribution in [0.4, 0.5) is 11.4 Å². The Hall–Kier alpha value is -3.33. The molecule has 0 aliphatic heterocycles. The van der Waals surface area contributed by atoms with Crippen molar-refractivity contribution < 1.29 is 13.2 Å². The lowest BCUT2D eigenvalue weighted by Crippen LogP contribution is -2.45. The van der Waals surface area contributed by atoms with Gasteiger partial charge in [-0.25, -0.2) is 13.1 Å². The highest BCUT2D eigenvalue weighted by Crippen LogP contribution is 2.22. The molecule has 8 nitrogen and oxygen atoms in total. The smallest absolute Gasteiger partial charge is 0.295 e. The second kappa shape index (κ2) is 8.43. The first-order chi connectivity index (χ1) is 14.5. The molecule has 1 N–H and O–H groups in total. The lowest BCUT2D eigenvalue weighted by Gasteiger charge is -2.28. The topological polar surface area (TPSA) is 93.4 Å². The SMILES string of the molecule is Cc1ccc(N([C@H](C)C(=O)Nc2c(C)n(C)n(-c3ccccc3)c2=O)S(C)(=O)=O)cc1. The maximum atomic E-state index is 13.0. The van der Waals surface area contributed by atoms with Crippen LogP contribution in [-0.4, -0.2) is 36.0 Å². The van der Waals surface area contributed by atoms with Crippen molar-refractivity contribution in [2.75, 3.05) is 15.9 Å².